The van der Waals surface area contributed by atoms with Crippen LogP contribution in [0.2, 0.25) is 0 Å². The first-order valence-corrected chi connectivity index (χ1v) is 9.40. The van der Waals surface area contributed by atoms with Crippen LogP contribution in [-0.4, -0.2) is 31.8 Å². The second-order valence-electron chi connectivity index (χ2n) is 7.01. The Bertz CT molecular complexity index is 1120. The summed E-state index contributed by atoms with van der Waals surface area (Å²) in [5, 5.41) is 6.92. The fraction of sp³-hybridized carbons (Fsp3) is 0.300. The highest BCUT2D eigenvalue weighted by molar-refractivity contribution is 5.94. The van der Waals surface area contributed by atoms with Gasteiger partial charge in [-0.2, -0.15) is 13.2 Å². The van der Waals surface area contributed by atoms with E-state index in [1.54, 1.807) is 23.0 Å². The maximum absolute atomic E-state index is 12.8. The fourth-order valence-electron chi connectivity index (χ4n) is 3.13. The van der Waals surface area contributed by atoms with Crippen molar-refractivity contribution in [1.82, 2.24) is 24.6 Å². The van der Waals surface area contributed by atoms with Crippen LogP contribution in [0.3, 0.4) is 0 Å². The van der Waals surface area contributed by atoms with Crippen LogP contribution in [0.1, 0.15) is 34.8 Å². The number of nitrogens with zero attached hydrogens (tertiary/aromatic N) is 4. The van der Waals surface area contributed by atoms with Gasteiger partial charge in [0.15, 0.2) is 5.82 Å². The van der Waals surface area contributed by atoms with E-state index in [1.807, 2.05) is 6.07 Å². The van der Waals surface area contributed by atoms with Gasteiger partial charge in [0.2, 0.25) is 0 Å². The molecule has 2 aromatic heterocycles. The van der Waals surface area contributed by atoms with Crippen molar-refractivity contribution >= 4 is 5.91 Å². The third-order valence-electron chi connectivity index (χ3n) is 4.76. The van der Waals surface area contributed by atoms with Gasteiger partial charge in [0.05, 0.1) is 12.1 Å². The van der Waals surface area contributed by atoms with Gasteiger partial charge in [0.25, 0.3) is 5.91 Å². The highest BCUT2D eigenvalue weighted by Gasteiger charge is 2.31. The summed E-state index contributed by atoms with van der Waals surface area (Å²) in [4.78, 5) is 29.0. The lowest BCUT2D eigenvalue weighted by Gasteiger charge is -2.09. The van der Waals surface area contributed by atoms with Crippen molar-refractivity contribution in [3.8, 4) is 11.4 Å². The van der Waals surface area contributed by atoms with Crippen LogP contribution in [0, 0.1) is 0 Å². The predicted molar refractivity (Wildman–Crippen MR) is 102 cm³/mol. The van der Waals surface area contributed by atoms with Gasteiger partial charge in [-0.3, -0.25) is 14.3 Å². The van der Waals surface area contributed by atoms with Gasteiger partial charge in [-0.25, -0.2) is 9.48 Å². The smallest absolute Gasteiger partial charge is 0.350 e. The van der Waals surface area contributed by atoms with Crippen LogP contribution in [0.15, 0.2) is 53.6 Å². The molecule has 7 nitrogen and oxygen atoms in total. The number of hydrogen-bond acceptors (Lipinski definition) is 4. The van der Waals surface area contributed by atoms with E-state index in [0.717, 1.165) is 25.0 Å². The molecule has 0 atom stereocenters. The minimum absolute atomic E-state index is 0.0448. The Morgan fingerprint density at radius 2 is 2.00 bits per heavy atom. The van der Waals surface area contributed by atoms with Crippen LogP contribution in [0.5, 0.6) is 0 Å². The summed E-state index contributed by atoms with van der Waals surface area (Å²) in [5.41, 5.74) is -0.565. The number of amides is 1. The molecule has 3 aromatic rings. The number of nitrogens with one attached hydrogen (secondary N) is 1. The second-order valence-corrected chi connectivity index (χ2v) is 7.01. The largest absolute Gasteiger partial charge is 0.416 e. The molecule has 4 rings (SSSR count). The third kappa shape index (κ3) is 4.12. The zero-order valence-electron chi connectivity index (χ0n) is 15.8. The van der Waals surface area contributed by atoms with Crippen molar-refractivity contribution in [3.63, 3.8) is 0 Å². The minimum atomic E-state index is -4.53. The molecule has 1 N–H and O–H groups in total. The topological polar surface area (TPSA) is 81.8 Å². The Kier molecular flexibility index (Phi) is 5.15. The molecule has 30 heavy (non-hydrogen) atoms. The van der Waals surface area contributed by atoms with Gasteiger partial charge in [0.1, 0.15) is 0 Å². The number of aromatic nitrogens is 4. The number of pyridine rings is 1. The molecule has 156 valence electrons. The van der Waals surface area contributed by atoms with Crippen molar-refractivity contribution in [1.29, 1.82) is 0 Å². The molecule has 1 aliphatic carbocycles. The van der Waals surface area contributed by atoms with Crippen molar-refractivity contribution < 1.29 is 18.0 Å². The standard InChI is InChI=1S/C20H18F3N5O2/c21-20(22,23)15-5-1-3-13(11-15)18(29)25-9-10-27-19(30)28(16-6-7-16)17(26-27)14-4-2-8-24-12-14/h1-5,8,11-12,16H,6-7,9-10H2,(H,25,29). The number of alkyl halides is 3. The van der Waals surface area contributed by atoms with Crippen LogP contribution in [0.25, 0.3) is 11.4 Å². The number of rotatable bonds is 6. The summed E-state index contributed by atoms with van der Waals surface area (Å²) in [5.74, 6) is -0.136. The van der Waals surface area contributed by atoms with Gasteiger partial charge in [-0.15, -0.1) is 5.10 Å². The zero-order chi connectivity index (χ0) is 21.3. The Morgan fingerprint density at radius 3 is 2.67 bits per heavy atom. The number of benzene rings is 1. The van der Waals surface area contributed by atoms with Crippen molar-refractivity contribution in [3.05, 3.63) is 70.4 Å². The maximum atomic E-state index is 12.8. The Hall–Kier alpha value is -3.43. The molecule has 1 amide bonds. The average Bonchev–Trinajstić information content (AvgIpc) is 3.52. The number of carbonyl (C=O) groups is 1. The molecule has 0 bridgehead atoms. The molecule has 0 aliphatic heterocycles. The molecule has 0 unspecified atom stereocenters. The van der Waals surface area contributed by atoms with Crippen LogP contribution >= 0.6 is 0 Å². The number of hydrogen-bond donors (Lipinski definition) is 1. The van der Waals surface area contributed by atoms with E-state index in [-0.39, 0.29) is 30.4 Å². The quantitative estimate of drug-likeness (QED) is 0.669. The van der Waals surface area contributed by atoms with Gasteiger partial charge < -0.3 is 5.32 Å². The third-order valence-corrected chi connectivity index (χ3v) is 4.76. The average molecular weight is 417 g/mol. The first-order chi connectivity index (χ1) is 14.3. The normalized spacial score (nSPS) is 14.0. The molecule has 0 radical (unpaired) electrons. The van der Waals surface area contributed by atoms with Crippen LogP contribution < -0.4 is 11.0 Å². The van der Waals surface area contributed by atoms with E-state index in [1.165, 1.54) is 16.8 Å². The monoisotopic (exact) mass is 417 g/mol. The lowest BCUT2D eigenvalue weighted by molar-refractivity contribution is -0.137. The molecule has 1 aromatic carbocycles. The molecule has 1 fully saturated rings. The predicted octanol–water partition coefficient (Wildman–Crippen LogP) is 2.89. The Balaban J connectivity index is 1.47. The highest BCUT2D eigenvalue weighted by atomic mass is 19.4. The zero-order valence-corrected chi connectivity index (χ0v) is 15.8. The van der Waals surface area contributed by atoms with E-state index >= 15 is 0 Å². The molecular formula is C20H18F3N5O2. The minimum Gasteiger partial charge on any atom is -0.350 e. The molecular weight excluding hydrogens is 399 g/mol. The summed E-state index contributed by atoms with van der Waals surface area (Å²) in [6.45, 7) is 0.139. The number of halogens is 3. The number of carbonyl (C=O) groups excluding carboxylic acids is 1. The molecule has 0 spiro atoms. The summed E-state index contributed by atoms with van der Waals surface area (Å²) >= 11 is 0. The highest BCUT2D eigenvalue weighted by Crippen LogP contribution is 2.36. The fourth-order valence-corrected chi connectivity index (χ4v) is 3.13. The summed E-state index contributed by atoms with van der Waals surface area (Å²) in [6.07, 6.45) is 0.516. The molecule has 2 heterocycles. The summed E-state index contributed by atoms with van der Waals surface area (Å²) in [6, 6.07) is 7.85. The van der Waals surface area contributed by atoms with Crippen LogP contribution in [-0.2, 0) is 12.7 Å². The Morgan fingerprint density at radius 1 is 1.20 bits per heavy atom. The van der Waals surface area contributed by atoms with E-state index in [4.69, 9.17) is 0 Å². The first-order valence-electron chi connectivity index (χ1n) is 9.40. The van der Waals surface area contributed by atoms with Gasteiger partial charge in [0, 0.05) is 36.1 Å². The SMILES string of the molecule is O=C(NCCn1nc(-c2cccnc2)n(C2CC2)c1=O)c1cccc(C(F)(F)F)c1. The summed E-state index contributed by atoms with van der Waals surface area (Å²) in [7, 11) is 0. The molecule has 10 heteroatoms. The lowest BCUT2D eigenvalue weighted by atomic mass is 10.1. The molecule has 1 aliphatic rings. The lowest BCUT2D eigenvalue weighted by Crippen LogP contribution is -2.32. The van der Waals surface area contributed by atoms with E-state index in [9.17, 15) is 22.8 Å². The summed E-state index contributed by atoms with van der Waals surface area (Å²) < 4.78 is 41.3. The van der Waals surface area contributed by atoms with Crippen molar-refractivity contribution in [2.75, 3.05) is 6.54 Å². The van der Waals surface area contributed by atoms with E-state index < -0.39 is 17.6 Å². The van der Waals surface area contributed by atoms with Gasteiger partial charge >= 0.3 is 11.9 Å². The second kappa shape index (κ2) is 7.77. The van der Waals surface area contributed by atoms with E-state index in [0.29, 0.717) is 11.4 Å². The molecule has 1 saturated carbocycles. The van der Waals surface area contributed by atoms with Gasteiger partial charge in [-0.1, -0.05) is 6.07 Å². The Labute approximate surface area is 169 Å². The first kappa shape index (κ1) is 19.9. The molecule has 0 saturated heterocycles. The van der Waals surface area contributed by atoms with Crippen LogP contribution in [0.4, 0.5) is 13.2 Å². The van der Waals surface area contributed by atoms with E-state index in [2.05, 4.69) is 15.4 Å². The van der Waals surface area contributed by atoms with Crippen molar-refractivity contribution in [2.24, 2.45) is 0 Å². The van der Waals surface area contributed by atoms with Gasteiger partial charge in [-0.05, 0) is 43.2 Å². The maximum Gasteiger partial charge on any atom is 0.416 e. The van der Waals surface area contributed by atoms with Crippen molar-refractivity contribution in [2.45, 2.75) is 31.6 Å².